The van der Waals surface area contributed by atoms with E-state index in [1.165, 1.54) is 35.3 Å². The van der Waals surface area contributed by atoms with Crippen molar-refractivity contribution in [1.29, 1.82) is 0 Å². The van der Waals surface area contributed by atoms with Crippen LogP contribution in [0.15, 0.2) is 59.9 Å². The molecule has 3 rings (SSSR count). The summed E-state index contributed by atoms with van der Waals surface area (Å²) in [5.74, 6) is -1.05. The van der Waals surface area contributed by atoms with E-state index in [1.807, 2.05) is 0 Å². The predicted octanol–water partition coefficient (Wildman–Crippen LogP) is 3.31. The van der Waals surface area contributed by atoms with E-state index in [2.05, 4.69) is 10.3 Å². The fourth-order valence-corrected chi connectivity index (χ4v) is 3.45. The number of halogens is 3. The van der Waals surface area contributed by atoms with E-state index in [-0.39, 0.29) is 22.8 Å². The topological polar surface area (TPSA) is 101 Å². The van der Waals surface area contributed by atoms with Gasteiger partial charge in [-0.25, -0.2) is 13.4 Å². The highest BCUT2D eigenvalue weighted by Gasteiger charge is 2.29. The number of aromatic nitrogens is 2. The second-order valence-electron chi connectivity index (χ2n) is 6.53. The number of hydrogen-bond donors (Lipinski definition) is 2. The summed E-state index contributed by atoms with van der Waals surface area (Å²) >= 11 is 0. The van der Waals surface area contributed by atoms with E-state index in [0.717, 1.165) is 30.5 Å². The molecule has 0 aliphatic heterocycles. The van der Waals surface area contributed by atoms with E-state index >= 15 is 0 Å². The fraction of sp³-hybridized carbons (Fsp3) is 0.158. The van der Waals surface area contributed by atoms with Crippen molar-refractivity contribution in [3.63, 3.8) is 0 Å². The smallest absolute Gasteiger partial charge is 0.416 e. The van der Waals surface area contributed by atoms with Gasteiger partial charge in [-0.05, 0) is 35.9 Å². The minimum absolute atomic E-state index is 0.0240. The maximum absolute atomic E-state index is 12.6. The Hall–Kier alpha value is -3.34. The first-order chi connectivity index (χ1) is 13.9. The average molecular weight is 439 g/mol. The van der Waals surface area contributed by atoms with Crippen LogP contribution in [0.5, 0.6) is 5.75 Å². The number of aromatic hydroxyl groups is 1. The van der Waals surface area contributed by atoms with Gasteiger partial charge in [0.25, 0.3) is 5.91 Å². The van der Waals surface area contributed by atoms with Crippen LogP contribution >= 0.6 is 0 Å². The van der Waals surface area contributed by atoms with Crippen molar-refractivity contribution in [2.45, 2.75) is 17.6 Å². The zero-order chi connectivity index (χ0) is 22.1. The number of amides is 1. The van der Waals surface area contributed by atoms with Crippen molar-refractivity contribution >= 4 is 21.4 Å². The Bertz CT molecular complexity index is 1190. The van der Waals surface area contributed by atoms with E-state index in [1.54, 1.807) is 0 Å². The molecule has 0 spiro atoms. The number of rotatable bonds is 5. The lowest BCUT2D eigenvalue weighted by molar-refractivity contribution is -0.137. The molecule has 30 heavy (non-hydrogen) atoms. The number of phenols is 1. The highest BCUT2D eigenvalue weighted by molar-refractivity contribution is 7.90. The highest BCUT2D eigenvalue weighted by Crippen LogP contribution is 2.29. The van der Waals surface area contributed by atoms with Gasteiger partial charge in [0.05, 0.1) is 11.9 Å². The molecule has 158 valence electrons. The summed E-state index contributed by atoms with van der Waals surface area (Å²) < 4.78 is 62.7. The van der Waals surface area contributed by atoms with Crippen molar-refractivity contribution in [1.82, 2.24) is 9.55 Å². The number of benzene rings is 2. The standard InChI is InChI=1S/C19H16F3N3O4S/c1-30(28,29)17-8-14(6-7-16(17)26)24-18(27)15-10-25(11-23-15)9-12-2-4-13(5-3-12)19(20,21)22/h2-8,10-11,26H,9H2,1H3,(H,24,27). The molecule has 0 saturated carbocycles. The second-order valence-corrected chi connectivity index (χ2v) is 8.52. The summed E-state index contributed by atoms with van der Waals surface area (Å²) in [7, 11) is -3.69. The summed E-state index contributed by atoms with van der Waals surface area (Å²) in [5.41, 5.74) is 0.00871. The first-order valence-electron chi connectivity index (χ1n) is 8.46. The molecule has 0 aliphatic carbocycles. The predicted molar refractivity (Wildman–Crippen MR) is 102 cm³/mol. The largest absolute Gasteiger partial charge is 0.507 e. The van der Waals surface area contributed by atoms with Gasteiger partial charge >= 0.3 is 6.18 Å². The van der Waals surface area contributed by atoms with E-state index in [0.29, 0.717) is 5.56 Å². The number of carbonyl (C=O) groups is 1. The molecule has 0 unspecified atom stereocenters. The van der Waals surface area contributed by atoms with Gasteiger partial charge in [0.2, 0.25) is 0 Å². The third kappa shape index (κ3) is 4.98. The van der Waals surface area contributed by atoms with E-state index < -0.39 is 33.2 Å². The van der Waals surface area contributed by atoms with Crippen LogP contribution in [0.2, 0.25) is 0 Å². The van der Waals surface area contributed by atoms with Gasteiger partial charge in [0.15, 0.2) is 9.84 Å². The van der Waals surface area contributed by atoms with Crippen LogP contribution < -0.4 is 5.32 Å². The number of imidazole rings is 1. The van der Waals surface area contributed by atoms with Gasteiger partial charge in [-0.1, -0.05) is 12.1 Å². The zero-order valence-electron chi connectivity index (χ0n) is 15.5. The Morgan fingerprint density at radius 1 is 1.17 bits per heavy atom. The third-order valence-electron chi connectivity index (χ3n) is 4.13. The lowest BCUT2D eigenvalue weighted by Crippen LogP contribution is -2.13. The van der Waals surface area contributed by atoms with Crippen molar-refractivity contribution in [3.05, 3.63) is 71.8 Å². The maximum atomic E-state index is 12.6. The molecule has 1 aromatic heterocycles. The molecule has 0 saturated heterocycles. The zero-order valence-corrected chi connectivity index (χ0v) is 16.3. The molecule has 0 bridgehead atoms. The summed E-state index contributed by atoms with van der Waals surface area (Å²) in [6, 6.07) is 8.24. The molecule has 0 radical (unpaired) electrons. The average Bonchev–Trinajstić information content (AvgIpc) is 3.11. The Kier molecular flexibility index (Phi) is 5.57. The van der Waals surface area contributed by atoms with Gasteiger partial charge in [0, 0.05) is 24.7 Å². The number of sulfone groups is 1. The lowest BCUT2D eigenvalue weighted by Gasteiger charge is -2.08. The van der Waals surface area contributed by atoms with Gasteiger partial charge in [-0.2, -0.15) is 13.2 Å². The summed E-state index contributed by atoms with van der Waals surface area (Å²) in [4.78, 5) is 16.0. The van der Waals surface area contributed by atoms with Gasteiger partial charge < -0.3 is 15.0 Å². The normalized spacial score (nSPS) is 12.0. The van der Waals surface area contributed by atoms with Gasteiger partial charge in [0.1, 0.15) is 16.3 Å². The van der Waals surface area contributed by atoms with Gasteiger partial charge in [-0.15, -0.1) is 0 Å². The molecule has 7 nitrogen and oxygen atoms in total. The van der Waals surface area contributed by atoms with Crippen molar-refractivity contribution in [2.75, 3.05) is 11.6 Å². The monoisotopic (exact) mass is 439 g/mol. The van der Waals surface area contributed by atoms with Crippen molar-refractivity contribution < 1.29 is 31.5 Å². The maximum Gasteiger partial charge on any atom is 0.416 e. The number of alkyl halides is 3. The number of carbonyl (C=O) groups excluding carboxylic acids is 1. The van der Waals surface area contributed by atoms with Crippen LogP contribution in [0.3, 0.4) is 0 Å². The molecule has 3 aromatic rings. The van der Waals surface area contributed by atoms with Crippen LogP contribution in [0, 0.1) is 0 Å². The molecule has 0 fully saturated rings. The number of nitrogens with one attached hydrogen (secondary N) is 1. The minimum atomic E-state index is -4.41. The quantitative estimate of drug-likeness (QED) is 0.594. The highest BCUT2D eigenvalue weighted by atomic mass is 32.2. The molecule has 11 heteroatoms. The van der Waals surface area contributed by atoms with Crippen LogP contribution in [0.1, 0.15) is 21.6 Å². The van der Waals surface area contributed by atoms with Crippen molar-refractivity contribution in [2.24, 2.45) is 0 Å². The van der Waals surface area contributed by atoms with E-state index in [4.69, 9.17) is 0 Å². The van der Waals surface area contributed by atoms with Crippen LogP contribution in [0.4, 0.5) is 18.9 Å². The summed E-state index contributed by atoms with van der Waals surface area (Å²) in [5, 5.41) is 12.1. The molecular formula is C19H16F3N3O4S. The Labute approximate surface area is 169 Å². The van der Waals surface area contributed by atoms with E-state index in [9.17, 15) is 31.5 Å². The lowest BCUT2D eigenvalue weighted by atomic mass is 10.1. The Balaban J connectivity index is 1.71. The summed E-state index contributed by atoms with van der Waals surface area (Å²) in [6.45, 7) is 0.204. The molecule has 0 aliphatic rings. The molecule has 2 aromatic carbocycles. The number of phenolic OH excluding ortho intramolecular Hbond substituents is 1. The number of hydrogen-bond acceptors (Lipinski definition) is 5. The summed E-state index contributed by atoms with van der Waals surface area (Å²) in [6.07, 6.45) is -0.725. The minimum Gasteiger partial charge on any atom is -0.507 e. The van der Waals surface area contributed by atoms with Crippen LogP contribution in [0.25, 0.3) is 0 Å². The van der Waals surface area contributed by atoms with Crippen LogP contribution in [-0.4, -0.2) is 35.2 Å². The first kappa shape index (κ1) is 21.4. The molecule has 2 N–H and O–H groups in total. The molecule has 0 atom stereocenters. The van der Waals surface area contributed by atoms with Gasteiger partial charge in [-0.3, -0.25) is 4.79 Å². The first-order valence-corrected chi connectivity index (χ1v) is 10.3. The molecule has 1 amide bonds. The fourth-order valence-electron chi connectivity index (χ4n) is 2.66. The number of anilines is 1. The molecule has 1 heterocycles. The number of nitrogens with zero attached hydrogens (tertiary/aromatic N) is 2. The molecular weight excluding hydrogens is 423 g/mol. The Morgan fingerprint density at radius 2 is 1.83 bits per heavy atom. The SMILES string of the molecule is CS(=O)(=O)c1cc(NC(=O)c2cn(Cc3ccc(C(F)(F)F)cc3)cn2)ccc1O. The van der Waals surface area contributed by atoms with Crippen LogP contribution in [-0.2, 0) is 22.6 Å². The Morgan fingerprint density at radius 3 is 2.43 bits per heavy atom. The van der Waals surface area contributed by atoms with Crippen molar-refractivity contribution in [3.8, 4) is 5.75 Å². The second kappa shape index (κ2) is 7.82. The third-order valence-corrected chi connectivity index (χ3v) is 5.26.